The Morgan fingerprint density at radius 1 is 1.18 bits per heavy atom. The third kappa shape index (κ3) is 6.96. The van der Waals surface area contributed by atoms with Crippen LogP contribution in [0.4, 0.5) is 0 Å². The molecule has 10 nitrogen and oxygen atoms in total. The first-order chi connectivity index (χ1) is 19.1. The van der Waals surface area contributed by atoms with Gasteiger partial charge in [-0.05, 0) is 50.3 Å². The highest BCUT2D eigenvalue weighted by Gasteiger charge is 2.41. The highest BCUT2D eigenvalue weighted by Crippen LogP contribution is 2.27. The number of likely N-dealkylation sites (N-methyl/N-ethyl adjacent to an activating group) is 1. The van der Waals surface area contributed by atoms with Crippen molar-refractivity contribution in [1.29, 1.82) is 0 Å². The summed E-state index contributed by atoms with van der Waals surface area (Å²) in [7, 11) is 1.72. The van der Waals surface area contributed by atoms with E-state index >= 15 is 0 Å². The van der Waals surface area contributed by atoms with Gasteiger partial charge in [-0.1, -0.05) is 51.1 Å². The van der Waals surface area contributed by atoms with Gasteiger partial charge in [0.2, 0.25) is 23.7 Å². The number of rotatable bonds is 10. The summed E-state index contributed by atoms with van der Waals surface area (Å²) in [4.78, 5) is 55.1. The van der Waals surface area contributed by atoms with Crippen molar-refractivity contribution in [3.05, 3.63) is 48.2 Å². The largest absolute Gasteiger partial charge is 0.342 e. The standard InChI is InChI=1S/C30H43N7O3/c1-21(31-5)26(38)34-25(30(2,3)4)28(40)37-17-9-13-23(37)19-35(18-14-22-11-7-6-8-12-22)27(39)24-20-36-16-10-15-32-29(36)33-24/h6-8,10-12,15-16,21,23-25,31H,9,13-14,17-20H2,1-5H3,(H,34,38)/t21-,23-,24?,25+/m0/s1. The molecule has 0 aliphatic carbocycles. The second-order valence-electron chi connectivity index (χ2n) is 11.9. The summed E-state index contributed by atoms with van der Waals surface area (Å²) in [6, 6.07) is 8.34. The van der Waals surface area contributed by atoms with E-state index in [2.05, 4.69) is 32.8 Å². The molecule has 2 N–H and O–H groups in total. The number of aliphatic imine (C=N–C) groups is 2. The second-order valence-corrected chi connectivity index (χ2v) is 11.9. The zero-order valence-electron chi connectivity index (χ0n) is 24.3. The van der Waals surface area contributed by atoms with E-state index in [-0.39, 0.29) is 23.8 Å². The van der Waals surface area contributed by atoms with Gasteiger partial charge >= 0.3 is 0 Å². The van der Waals surface area contributed by atoms with E-state index < -0.39 is 23.5 Å². The summed E-state index contributed by atoms with van der Waals surface area (Å²) < 4.78 is 0. The van der Waals surface area contributed by atoms with E-state index in [4.69, 9.17) is 0 Å². The molecule has 216 valence electrons. The van der Waals surface area contributed by atoms with Crippen LogP contribution in [0.15, 0.2) is 52.6 Å². The molecule has 4 rings (SSSR count). The Morgan fingerprint density at radius 3 is 2.60 bits per heavy atom. The number of carbonyl (C=O) groups excluding carboxylic acids is 3. The topological polar surface area (TPSA) is 110 Å². The molecule has 0 bridgehead atoms. The SMILES string of the molecule is CN[C@@H](C)C(=O)N[C@H](C(=O)N1CCC[C@H]1CN(CCc1ccccc1)C(=O)C1CN2C=CC=NC2=N1)C(C)(C)C. The fraction of sp³-hybridized carbons (Fsp3) is 0.567. The number of allylic oxidation sites excluding steroid dienone is 1. The molecule has 10 heteroatoms. The maximum absolute atomic E-state index is 13.9. The van der Waals surface area contributed by atoms with Crippen molar-refractivity contribution in [2.45, 2.75) is 71.1 Å². The van der Waals surface area contributed by atoms with Crippen LogP contribution in [0, 0.1) is 5.41 Å². The van der Waals surface area contributed by atoms with Crippen molar-refractivity contribution in [3.8, 4) is 0 Å². The maximum Gasteiger partial charge on any atom is 0.249 e. The van der Waals surface area contributed by atoms with Gasteiger partial charge in [0.25, 0.3) is 0 Å². The number of hydrogen-bond acceptors (Lipinski definition) is 7. The van der Waals surface area contributed by atoms with Gasteiger partial charge < -0.3 is 25.3 Å². The molecule has 4 atom stereocenters. The minimum Gasteiger partial charge on any atom is -0.342 e. The number of nitrogens with one attached hydrogen (secondary N) is 2. The van der Waals surface area contributed by atoms with Gasteiger partial charge in [0.1, 0.15) is 6.04 Å². The highest BCUT2D eigenvalue weighted by molar-refractivity contribution is 5.98. The van der Waals surface area contributed by atoms with Gasteiger partial charge in [-0.3, -0.25) is 14.4 Å². The van der Waals surface area contributed by atoms with Crippen molar-refractivity contribution in [2.75, 3.05) is 33.2 Å². The lowest BCUT2D eigenvalue weighted by Gasteiger charge is -2.38. The average molecular weight is 550 g/mol. The maximum atomic E-state index is 13.9. The molecule has 1 aromatic rings. The van der Waals surface area contributed by atoms with Gasteiger partial charge in [0.05, 0.1) is 12.6 Å². The Balaban J connectivity index is 1.52. The molecule has 3 heterocycles. The van der Waals surface area contributed by atoms with Gasteiger partial charge in [-0.15, -0.1) is 0 Å². The third-order valence-electron chi connectivity index (χ3n) is 7.87. The predicted molar refractivity (Wildman–Crippen MR) is 157 cm³/mol. The zero-order chi connectivity index (χ0) is 28.9. The minimum absolute atomic E-state index is 0.0516. The molecule has 1 aromatic carbocycles. The summed E-state index contributed by atoms with van der Waals surface area (Å²) in [6.45, 7) is 9.68. The Labute approximate surface area is 237 Å². The molecular weight excluding hydrogens is 506 g/mol. The van der Waals surface area contributed by atoms with Crippen molar-refractivity contribution < 1.29 is 14.4 Å². The summed E-state index contributed by atoms with van der Waals surface area (Å²) >= 11 is 0. The van der Waals surface area contributed by atoms with Crippen molar-refractivity contribution in [1.82, 2.24) is 25.3 Å². The summed E-state index contributed by atoms with van der Waals surface area (Å²) in [5, 5.41) is 5.93. The van der Waals surface area contributed by atoms with Crippen LogP contribution in [0.25, 0.3) is 0 Å². The van der Waals surface area contributed by atoms with E-state index in [1.54, 1.807) is 20.2 Å². The molecule has 3 aliphatic rings. The van der Waals surface area contributed by atoms with Crippen molar-refractivity contribution in [2.24, 2.45) is 15.4 Å². The van der Waals surface area contributed by atoms with Crippen LogP contribution in [0.1, 0.15) is 46.1 Å². The Morgan fingerprint density at radius 2 is 1.93 bits per heavy atom. The summed E-state index contributed by atoms with van der Waals surface area (Å²) in [5.74, 6) is 0.199. The minimum atomic E-state index is -0.674. The highest BCUT2D eigenvalue weighted by atomic mass is 16.2. The number of nitrogens with zero attached hydrogens (tertiary/aromatic N) is 5. The smallest absolute Gasteiger partial charge is 0.249 e. The average Bonchev–Trinajstić information content (AvgIpc) is 3.59. The second kappa shape index (κ2) is 12.8. The molecule has 1 saturated heterocycles. The number of hydrogen-bond donors (Lipinski definition) is 2. The van der Waals surface area contributed by atoms with Crippen LogP contribution >= 0.6 is 0 Å². The number of guanidine groups is 1. The molecule has 0 saturated carbocycles. The quantitative estimate of drug-likeness (QED) is 0.463. The Kier molecular flexibility index (Phi) is 9.40. The number of amides is 3. The van der Waals surface area contributed by atoms with Crippen LogP contribution in [-0.4, -0.2) is 102 Å². The molecule has 1 fully saturated rings. The van der Waals surface area contributed by atoms with Crippen molar-refractivity contribution in [3.63, 3.8) is 0 Å². The zero-order valence-corrected chi connectivity index (χ0v) is 24.3. The molecule has 0 aromatic heterocycles. The third-order valence-corrected chi connectivity index (χ3v) is 7.87. The van der Waals surface area contributed by atoms with Gasteiger partial charge in [-0.2, -0.15) is 0 Å². The number of carbonyl (C=O) groups is 3. The molecule has 0 radical (unpaired) electrons. The van der Waals surface area contributed by atoms with Crippen LogP contribution in [0.5, 0.6) is 0 Å². The first kappa shape index (κ1) is 29.5. The van der Waals surface area contributed by atoms with Crippen LogP contribution in [0.3, 0.4) is 0 Å². The van der Waals surface area contributed by atoms with Crippen LogP contribution in [0.2, 0.25) is 0 Å². The first-order valence-corrected chi connectivity index (χ1v) is 14.2. The lowest BCUT2D eigenvalue weighted by molar-refractivity contribution is -0.142. The summed E-state index contributed by atoms with van der Waals surface area (Å²) in [6.07, 6.45) is 7.77. The number of benzene rings is 1. The predicted octanol–water partition coefficient (Wildman–Crippen LogP) is 1.83. The van der Waals surface area contributed by atoms with E-state index in [1.807, 2.05) is 65.9 Å². The van der Waals surface area contributed by atoms with Gasteiger partial charge in [-0.25, -0.2) is 9.98 Å². The molecule has 3 amide bonds. The Bertz CT molecular complexity index is 1160. The molecule has 40 heavy (non-hydrogen) atoms. The summed E-state index contributed by atoms with van der Waals surface area (Å²) in [5.41, 5.74) is 0.672. The van der Waals surface area contributed by atoms with Crippen LogP contribution in [-0.2, 0) is 20.8 Å². The number of fused-ring (bicyclic) bond motifs is 1. The van der Waals surface area contributed by atoms with Crippen molar-refractivity contribution >= 4 is 29.9 Å². The van der Waals surface area contributed by atoms with Gasteiger partial charge in [0.15, 0.2) is 6.04 Å². The van der Waals surface area contributed by atoms with E-state index in [1.165, 1.54) is 0 Å². The lowest BCUT2D eigenvalue weighted by Crippen LogP contribution is -2.59. The fourth-order valence-electron chi connectivity index (χ4n) is 5.34. The molecule has 1 unspecified atom stereocenters. The number of likely N-dealkylation sites (tertiary alicyclic amines) is 1. The monoisotopic (exact) mass is 549 g/mol. The lowest BCUT2D eigenvalue weighted by atomic mass is 9.85. The van der Waals surface area contributed by atoms with E-state index in [9.17, 15) is 14.4 Å². The molecular formula is C30H43N7O3. The fourth-order valence-corrected chi connectivity index (χ4v) is 5.34. The first-order valence-electron chi connectivity index (χ1n) is 14.2. The van der Waals surface area contributed by atoms with E-state index in [0.717, 1.165) is 18.4 Å². The molecule has 3 aliphatic heterocycles. The van der Waals surface area contributed by atoms with Gasteiger partial charge in [0, 0.05) is 38.1 Å². The van der Waals surface area contributed by atoms with Crippen LogP contribution < -0.4 is 10.6 Å². The normalized spacial score (nSPS) is 21.6. The van der Waals surface area contributed by atoms with E-state index in [0.29, 0.717) is 38.6 Å². The molecule has 0 spiro atoms. The Hall–Kier alpha value is -3.53.